The average Bonchev–Trinajstić information content (AvgIpc) is 3.37. The average molecular weight is 489 g/mol. The Balaban J connectivity index is 1.53. The number of H-pyrrole nitrogens is 2. The van der Waals surface area contributed by atoms with Crippen molar-refractivity contribution in [1.29, 1.82) is 0 Å². The van der Waals surface area contributed by atoms with E-state index in [2.05, 4.69) is 25.2 Å². The molecule has 2 aromatic carbocycles. The number of ether oxygens (including phenoxy) is 1. The summed E-state index contributed by atoms with van der Waals surface area (Å²) in [5.41, 5.74) is 0.673. The molecule has 0 aliphatic rings. The van der Waals surface area contributed by atoms with E-state index in [4.69, 9.17) is 4.74 Å². The second kappa shape index (κ2) is 9.15. The number of hydrogen-bond acceptors (Lipinski definition) is 8. The number of aromatic amines is 2. The fraction of sp³-hybridized carbons (Fsp3) is 0.208. The van der Waals surface area contributed by atoms with Gasteiger partial charge in [0.2, 0.25) is 5.88 Å². The van der Waals surface area contributed by atoms with E-state index in [0.29, 0.717) is 16.7 Å². The van der Waals surface area contributed by atoms with Crippen LogP contribution in [0.5, 0.6) is 11.6 Å². The first-order valence-corrected chi connectivity index (χ1v) is 11.1. The topological polar surface area (TPSA) is 163 Å². The fourth-order valence-electron chi connectivity index (χ4n) is 3.94. The molecule has 3 aromatic heterocycles. The Bertz CT molecular complexity index is 1730. The van der Waals surface area contributed by atoms with Gasteiger partial charge in [-0.1, -0.05) is 30.3 Å². The maximum Gasteiger partial charge on any atom is 0.329 e. The third kappa shape index (κ3) is 4.25. The van der Waals surface area contributed by atoms with E-state index >= 15 is 0 Å². The first-order chi connectivity index (χ1) is 17.3. The van der Waals surface area contributed by atoms with E-state index in [0.717, 1.165) is 5.56 Å². The number of para-hydroxylation sites is 1. The summed E-state index contributed by atoms with van der Waals surface area (Å²) >= 11 is 0. The van der Waals surface area contributed by atoms with Gasteiger partial charge in [0, 0.05) is 12.4 Å². The quantitative estimate of drug-likeness (QED) is 0.257. The van der Waals surface area contributed by atoms with Crippen molar-refractivity contribution in [2.45, 2.75) is 19.6 Å². The molecule has 0 spiro atoms. The van der Waals surface area contributed by atoms with Crippen LogP contribution in [0.4, 0.5) is 11.6 Å². The maximum absolute atomic E-state index is 12.7. The van der Waals surface area contributed by atoms with Crippen molar-refractivity contribution in [1.82, 2.24) is 24.1 Å². The zero-order valence-electron chi connectivity index (χ0n) is 19.5. The monoisotopic (exact) mass is 489 g/mol. The zero-order chi connectivity index (χ0) is 25.4. The molecule has 1 atom stereocenters. The molecule has 184 valence electrons. The number of fused-ring (bicyclic) bond motifs is 2. The number of nitrogens with zero attached hydrogens (tertiary/aromatic N) is 5. The highest BCUT2D eigenvalue weighted by molar-refractivity contribution is 5.94. The predicted molar refractivity (Wildman–Crippen MR) is 132 cm³/mol. The Kier molecular flexibility index (Phi) is 5.86. The van der Waals surface area contributed by atoms with Crippen LogP contribution in [0.2, 0.25) is 0 Å². The normalized spacial score (nSPS) is 12.6. The molecule has 36 heavy (non-hydrogen) atoms. The number of benzene rings is 2. The number of aromatic hydroxyl groups is 1. The summed E-state index contributed by atoms with van der Waals surface area (Å²) in [7, 11) is 1.46. The van der Waals surface area contributed by atoms with Crippen LogP contribution in [-0.4, -0.2) is 47.0 Å². The van der Waals surface area contributed by atoms with Crippen LogP contribution in [-0.2, 0) is 13.6 Å². The minimum absolute atomic E-state index is 0.0315. The van der Waals surface area contributed by atoms with Crippen LogP contribution in [0, 0.1) is 6.92 Å². The maximum atomic E-state index is 12.7. The SMILES string of the molecule is Cc1cccc(OCC(O)Cn2c(N=Nc3c(O)[nH]c4ccccc34)nc3c2c(=O)[nH]c(=O)n3C)c1. The van der Waals surface area contributed by atoms with Gasteiger partial charge in [-0.15, -0.1) is 10.2 Å². The largest absolute Gasteiger partial charge is 0.493 e. The summed E-state index contributed by atoms with van der Waals surface area (Å²) in [5, 5.41) is 30.0. The van der Waals surface area contributed by atoms with Gasteiger partial charge in [0.15, 0.2) is 16.9 Å². The molecule has 0 bridgehead atoms. The van der Waals surface area contributed by atoms with Crippen molar-refractivity contribution < 1.29 is 14.9 Å². The lowest BCUT2D eigenvalue weighted by Crippen LogP contribution is -2.30. The van der Waals surface area contributed by atoms with Crippen molar-refractivity contribution in [3.8, 4) is 11.6 Å². The fourth-order valence-corrected chi connectivity index (χ4v) is 3.94. The Morgan fingerprint density at radius 3 is 2.72 bits per heavy atom. The van der Waals surface area contributed by atoms with Gasteiger partial charge < -0.3 is 19.9 Å². The van der Waals surface area contributed by atoms with Crippen LogP contribution < -0.4 is 16.0 Å². The first kappa shape index (κ1) is 23.1. The third-order valence-electron chi connectivity index (χ3n) is 5.71. The third-order valence-corrected chi connectivity index (χ3v) is 5.71. The van der Waals surface area contributed by atoms with Crippen molar-refractivity contribution in [3.05, 3.63) is 74.9 Å². The predicted octanol–water partition coefficient (Wildman–Crippen LogP) is 2.77. The molecule has 1 unspecified atom stereocenters. The number of aliphatic hydroxyl groups excluding tert-OH is 1. The molecular weight excluding hydrogens is 466 g/mol. The highest BCUT2D eigenvalue weighted by Gasteiger charge is 2.20. The van der Waals surface area contributed by atoms with Gasteiger partial charge in [-0.3, -0.25) is 18.9 Å². The van der Waals surface area contributed by atoms with Crippen LogP contribution in [0.1, 0.15) is 5.56 Å². The Hall–Kier alpha value is -4.71. The lowest BCUT2D eigenvalue weighted by molar-refractivity contribution is 0.0937. The number of aryl methyl sites for hydroxylation is 2. The molecule has 0 saturated carbocycles. The van der Waals surface area contributed by atoms with E-state index in [1.54, 1.807) is 24.3 Å². The standard InChI is InChI=1S/C24H23N7O5/c1-13-6-5-7-15(10-13)36-12-14(32)11-31-19-20(30(2)24(35)27-22(19)34)26-23(31)29-28-18-16-8-3-4-9-17(16)25-21(18)33/h3-10,14,25,32-33H,11-12H2,1-2H3,(H,27,34,35). The molecule has 5 aromatic rings. The van der Waals surface area contributed by atoms with Crippen molar-refractivity contribution in [2.24, 2.45) is 17.3 Å². The minimum Gasteiger partial charge on any atom is -0.493 e. The summed E-state index contributed by atoms with van der Waals surface area (Å²) in [4.78, 5) is 34.2. The molecule has 3 heterocycles. The molecule has 0 amide bonds. The Morgan fingerprint density at radius 1 is 1.11 bits per heavy atom. The lowest BCUT2D eigenvalue weighted by atomic mass is 10.2. The van der Waals surface area contributed by atoms with E-state index in [1.165, 1.54) is 16.2 Å². The van der Waals surface area contributed by atoms with Gasteiger partial charge >= 0.3 is 5.69 Å². The molecule has 4 N–H and O–H groups in total. The second-order valence-corrected chi connectivity index (χ2v) is 8.36. The van der Waals surface area contributed by atoms with E-state index in [-0.39, 0.29) is 41.8 Å². The summed E-state index contributed by atoms with van der Waals surface area (Å²) < 4.78 is 8.23. The number of nitrogens with one attached hydrogen (secondary N) is 2. The molecular formula is C24H23N7O5. The number of rotatable bonds is 7. The smallest absolute Gasteiger partial charge is 0.329 e. The molecule has 0 saturated heterocycles. The number of aromatic nitrogens is 5. The van der Waals surface area contributed by atoms with E-state index in [9.17, 15) is 19.8 Å². The Morgan fingerprint density at radius 2 is 1.92 bits per heavy atom. The lowest BCUT2D eigenvalue weighted by Gasteiger charge is -2.14. The van der Waals surface area contributed by atoms with Crippen molar-refractivity contribution >= 4 is 33.7 Å². The van der Waals surface area contributed by atoms with Gasteiger partial charge in [0.1, 0.15) is 18.5 Å². The molecule has 0 aliphatic carbocycles. The highest BCUT2D eigenvalue weighted by Crippen LogP contribution is 2.36. The van der Waals surface area contributed by atoms with Gasteiger partial charge in [-0.25, -0.2) is 4.79 Å². The van der Waals surface area contributed by atoms with Crippen molar-refractivity contribution in [2.75, 3.05) is 6.61 Å². The van der Waals surface area contributed by atoms with Gasteiger partial charge in [-0.05, 0) is 30.7 Å². The zero-order valence-corrected chi connectivity index (χ0v) is 19.5. The number of hydrogen-bond donors (Lipinski definition) is 4. The molecule has 0 aliphatic heterocycles. The molecule has 12 heteroatoms. The summed E-state index contributed by atoms with van der Waals surface area (Å²) in [6.07, 6.45) is -1.05. The summed E-state index contributed by atoms with van der Waals surface area (Å²) in [6.45, 7) is 1.75. The molecule has 5 rings (SSSR count). The Labute approximate surface area is 203 Å². The molecule has 0 radical (unpaired) electrons. The number of azo groups is 1. The van der Waals surface area contributed by atoms with E-state index in [1.807, 2.05) is 31.2 Å². The molecule has 0 fully saturated rings. The van der Waals surface area contributed by atoms with Crippen LogP contribution in [0.15, 0.2) is 68.3 Å². The van der Waals surface area contributed by atoms with Crippen LogP contribution in [0.3, 0.4) is 0 Å². The van der Waals surface area contributed by atoms with Crippen LogP contribution in [0.25, 0.3) is 22.1 Å². The van der Waals surface area contributed by atoms with Gasteiger partial charge in [0.05, 0.1) is 12.1 Å². The summed E-state index contributed by atoms with van der Waals surface area (Å²) in [6, 6.07) is 14.6. The first-order valence-electron chi connectivity index (χ1n) is 11.1. The van der Waals surface area contributed by atoms with Crippen LogP contribution >= 0.6 is 0 Å². The minimum atomic E-state index is -1.05. The number of imidazole rings is 1. The molecule has 12 nitrogen and oxygen atoms in total. The summed E-state index contributed by atoms with van der Waals surface area (Å²) in [5.74, 6) is 0.384. The van der Waals surface area contributed by atoms with Gasteiger partial charge in [0.25, 0.3) is 11.5 Å². The number of aliphatic hydroxyl groups is 1. The van der Waals surface area contributed by atoms with Crippen molar-refractivity contribution in [3.63, 3.8) is 0 Å². The highest BCUT2D eigenvalue weighted by atomic mass is 16.5. The second-order valence-electron chi connectivity index (χ2n) is 8.36. The van der Waals surface area contributed by atoms with E-state index < -0.39 is 17.4 Å². The van der Waals surface area contributed by atoms with Gasteiger partial charge in [-0.2, -0.15) is 4.98 Å².